The van der Waals surface area contributed by atoms with Crippen molar-refractivity contribution in [1.29, 1.82) is 5.41 Å². The van der Waals surface area contributed by atoms with Crippen LogP contribution in [0.2, 0.25) is 0 Å². The molecule has 4 rings (SSSR count). The Morgan fingerprint density at radius 2 is 2.03 bits per heavy atom. The van der Waals surface area contributed by atoms with Crippen molar-refractivity contribution in [2.45, 2.75) is 6.42 Å². The number of hydrogen-bond donors (Lipinski definition) is 3. The molecule has 164 valence electrons. The first-order chi connectivity index (χ1) is 16.0. The summed E-state index contributed by atoms with van der Waals surface area (Å²) in [5.41, 5.74) is 3.14. The van der Waals surface area contributed by atoms with Crippen LogP contribution >= 0.6 is 11.6 Å². The van der Waals surface area contributed by atoms with Crippen molar-refractivity contribution in [2.24, 2.45) is 4.99 Å². The predicted octanol–water partition coefficient (Wildman–Crippen LogP) is 5.36. The van der Waals surface area contributed by atoms with E-state index in [1.807, 2.05) is 0 Å². The number of anilines is 1. The third-order valence-corrected chi connectivity index (χ3v) is 4.93. The molecular weight excluding hydrogens is 443 g/mol. The fraction of sp³-hybridized carbons (Fsp3) is 0.0417. The average Bonchev–Trinajstić information content (AvgIpc) is 3.12. The Bertz CT molecular complexity index is 1320. The number of aromatic amines is 1. The van der Waals surface area contributed by atoms with Crippen LogP contribution in [0, 0.1) is 11.2 Å². The fourth-order valence-electron chi connectivity index (χ4n) is 3.16. The third-order valence-electron chi connectivity index (χ3n) is 4.71. The van der Waals surface area contributed by atoms with Crippen LogP contribution in [0.3, 0.4) is 0 Å². The molecule has 3 aromatic rings. The number of carbonyl (C=O) groups is 1. The van der Waals surface area contributed by atoms with Crippen LogP contribution in [-0.2, 0) is 4.79 Å². The number of halogens is 2. The van der Waals surface area contributed by atoms with Gasteiger partial charge in [0.15, 0.2) is 0 Å². The molecule has 1 aliphatic heterocycles. The number of benzene rings is 1. The van der Waals surface area contributed by atoms with Gasteiger partial charge in [-0.1, -0.05) is 17.7 Å². The maximum atomic E-state index is 13.4. The molecular formula is C24H18ClFN6O. The molecule has 1 aromatic carbocycles. The summed E-state index contributed by atoms with van der Waals surface area (Å²) in [7, 11) is 0. The van der Waals surface area contributed by atoms with Crippen molar-refractivity contribution >= 4 is 40.8 Å². The van der Waals surface area contributed by atoms with Crippen molar-refractivity contribution in [2.75, 3.05) is 5.32 Å². The Hall–Kier alpha value is -4.17. The van der Waals surface area contributed by atoms with Crippen LogP contribution in [-0.4, -0.2) is 32.2 Å². The lowest BCUT2D eigenvalue weighted by Crippen LogP contribution is -2.15. The number of imidazole rings is 1. The van der Waals surface area contributed by atoms with Gasteiger partial charge >= 0.3 is 0 Å². The molecule has 0 radical (unpaired) electrons. The molecule has 0 spiro atoms. The van der Waals surface area contributed by atoms with E-state index in [9.17, 15) is 9.18 Å². The van der Waals surface area contributed by atoms with E-state index in [0.29, 0.717) is 45.8 Å². The maximum Gasteiger partial charge on any atom is 0.254 e. The highest BCUT2D eigenvalue weighted by Gasteiger charge is 2.16. The molecule has 3 heterocycles. The number of rotatable bonds is 6. The molecule has 7 nitrogen and oxygen atoms in total. The lowest BCUT2D eigenvalue weighted by atomic mass is 10.1. The van der Waals surface area contributed by atoms with Crippen LogP contribution in [0.25, 0.3) is 28.6 Å². The molecule has 2 aromatic heterocycles. The zero-order valence-electron chi connectivity index (χ0n) is 17.2. The smallest absolute Gasteiger partial charge is 0.254 e. The first-order valence-electron chi connectivity index (χ1n) is 9.93. The third kappa shape index (κ3) is 5.36. The number of nitrogens with one attached hydrogen (secondary N) is 3. The van der Waals surface area contributed by atoms with E-state index in [1.54, 1.807) is 54.8 Å². The molecule has 0 aliphatic carbocycles. The summed E-state index contributed by atoms with van der Waals surface area (Å²) in [6.07, 6.45) is 11.1. The number of nitrogens with zero attached hydrogens (tertiary/aromatic N) is 3. The number of amides is 1. The Kier molecular flexibility index (Phi) is 6.66. The SMILES string of the molecule is N=C/C=C\c1nc(-c2ccnc(NC(=O)C3=CN=C(Cl)C=CC3)c2)c(-c2ccc(F)cc2)[nH]1. The monoisotopic (exact) mass is 460 g/mol. The van der Waals surface area contributed by atoms with E-state index in [-0.39, 0.29) is 11.7 Å². The Labute approximate surface area is 194 Å². The molecule has 0 bridgehead atoms. The summed E-state index contributed by atoms with van der Waals surface area (Å²) in [6.45, 7) is 0. The van der Waals surface area contributed by atoms with Gasteiger partial charge in [-0.3, -0.25) is 4.79 Å². The van der Waals surface area contributed by atoms with Crippen molar-refractivity contribution in [3.05, 3.63) is 84.2 Å². The van der Waals surface area contributed by atoms with E-state index in [4.69, 9.17) is 17.0 Å². The number of H-pyrrole nitrogens is 1. The fourth-order valence-corrected chi connectivity index (χ4v) is 3.29. The highest BCUT2D eigenvalue weighted by Crippen LogP contribution is 2.31. The number of hydrogen-bond acceptors (Lipinski definition) is 5. The van der Waals surface area contributed by atoms with Gasteiger partial charge in [0.05, 0.1) is 11.4 Å². The van der Waals surface area contributed by atoms with Crippen molar-refractivity contribution < 1.29 is 9.18 Å². The molecule has 0 fully saturated rings. The summed E-state index contributed by atoms with van der Waals surface area (Å²) in [5.74, 6) is 0.187. The highest BCUT2D eigenvalue weighted by molar-refractivity contribution is 6.68. The second-order valence-electron chi connectivity index (χ2n) is 6.97. The van der Waals surface area contributed by atoms with E-state index in [0.717, 1.165) is 11.8 Å². The molecule has 1 aliphatic rings. The first kappa shape index (κ1) is 22.0. The van der Waals surface area contributed by atoms with Crippen LogP contribution < -0.4 is 5.32 Å². The normalized spacial score (nSPS) is 13.4. The van der Waals surface area contributed by atoms with E-state index in [1.165, 1.54) is 18.3 Å². The van der Waals surface area contributed by atoms with Gasteiger partial charge in [-0.05, 0) is 61.0 Å². The van der Waals surface area contributed by atoms with Crippen LogP contribution in [0.4, 0.5) is 10.2 Å². The second-order valence-corrected chi connectivity index (χ2v) is 7.36. The first-order valence-corrected chi connectivity index (χ1v) is 10.3. The van der Waals surface area contributed by atoms with Gasteiger partial charge in [0.1, 0.15) is 22.6 Å². The Balaban J connectivity index is 1.67. The quantitative estimate of drug-likeness (QED) is 0.431. The number of aliphatic imine (C=N–C) groups is 1. The van der Waals surface area contributed by atoms with Crippen molar-refractivity contribution in [3.8, 4) is 22.5 Å². The van der Waals surface area contributed by atoms with Gasteiger partial charge in [-0.2, -0.15) is 0 Å². The second kappa shape index (κ2) is 9.97. The van der Waals surface area contributed by atoms with Crippen molar-refractivity contribution in [3.63, 3.8) is 0 Å². The minimum Gasteiger partial charge on any atom is -0.338 e. The highest BCUT2D eigenvalue weighted by atomic mass is 35.5. The number of pyridine rings is 1. The maximum absolute atomic E-state index is 13.4. The van der Waals surface area contributed by atoms with Gasteiger partial charge in [0.2, 0.25) is 0 Å². The topological polar surface area (TPSA) is 107 Å². The van der Waals surface area contributed by atoms with Crippen LogP contribution in [0.5, 0.6) is 0 Å². The van der Waals surface area contributed by atoms with Crippen LogP contribution in [0.1, 0.15) is 12.2 Å². The molecule has 33 heavy (non-hydrogen) atoms. The summed E-state index contributed by atoms with van der Waals surface area (Å²) in [4.78, 5) is 28.7. The zero-order valence-corrected chi connectivity index (χ0v) is 18.0. The summed E-state index contributed by atoms with van der Waals surface area (Å²) in [5, 5.41) is 10.3. The Morgan fingerprint density at radius 3 is 2.82 bits per heavy atom. The molecule has 9 heteroatoms. The largest absolute Gasteiger partial charge is 0.338 e. The van der Waals surface area contributed by atoms with Gasteiger partial charge < -0.3 is 15.7 Å². The summed E-state index contributed by atoms with van der Waals surface area (Å²) >= 11 is 5.87. The van der Waals surface area contributed by atoms with Gasteiger partial charge in [0.25, 0.3) is 5.91 Å². The van der Waals surface area contributed by atoms with Crippen LogP contribution in [0.15, 0.2) is 77.6 Å². The van der Waals surface area contributed by atoms with Gasteiger partial charge in [0, 0.05) is 35.3 Å². The predicted molar refractivity (Wildman–Crippen MR) is 129 cm³/mol. The summed E-state index contributed by atoms with van der Waals surface area (Å²) in [6, 6.07) is 9.51. The van der Waals surface area contributed by atoms with E-state index in [2.05, 4.69) is 25.3 Å². The number of carbonyl (C=O) groups excluding carboxylic acids is 1. The standard InChI is InChI=1S/C24H18ClFN6O/c25-19-4-1-3-17(14-29-19)24(33)32-21-13-16(10-12-28-21)23-22(15-6-8-18(26)9-7-15)30-20(31-23)5-2-11-27/h1-2,4-14,27H,3H2,(H,30,31)(H,28,32,33)/b5-2-,27-11?. The molecule has 0 saturated carbocycles. The number of aromatic nitrogens is 3. The van der Waals surface area contributed by atoms with E-state index < -0.39 is 0 Å². The van der Waals surface area contributed by atoms with E-state index >= 15 is 0 Å². The summed E-state index contributed by atoms with van der Waals surface area (Å²) < 4.78 is 13.4. The average molecular weight is 461 g/mol. The van der Waals surface area contributed by atoms with Crippen molar-refractivity contribution in [1.82, 2.24) is 15.0 Å². The van der Waals surface area contributed by atoms with Gasteiger partial charge in [-0.25, -0.2) is 19.4 Å². The lowest BCUT2D eigenvalue weighted by Gasteiger charge is -2.08. The zero-order chi connectivity index (χ0) is 23.2. The molecule has 0 atom stereocenters. The molecule has 0 unspecified atom stereocenters. The number of allylic oxidation sites excluding steroid dienone is 3. The minimum absolute atomic E-state index is 0.303. The molecule has 0 saturated heterocycles. The minimum atomic E-state index is -0.342. The lowest BCUT2D eigenvalue weighted by molar-refractivity contribution is -0.112. The molecule has 1 amide bonds. The Morgan fingerprint density at radius 1 is 1.21 bits per heavy atom. The van der Waals surface area contributed by atoms with Gasteiger partial charge in [-0.15, -0.1) is 0 Å². The molecule has 3 N–H and O–H groups in total.